The molecule has 3 aliphatic rings. The van der Waals surface area contributed by atoms with Crippen molar-refractivity contribution in [2.45, 2.75) is 76.9 Å². The second-order valence-electron chi connectivity index (χ2n) is 12.6. The molecule has 7 rings (SSSR count). The molecule has 2 aliphatic heterocycles. The number of anilines is 1. The molecule has 2 aromatic carbocycles. The number of hydrogen-bond acceptors (Lipinski definition) is 9. The van der Waals surface area contributed by atoms with E-state index in [9.17, 15) is 19.2 Å². The van der Waals surface area contributed by atoms with Crippen molar-refractivity contribution in [3.05, 3.63) is 71.0 Å². The molecule has 1 saturated heterocycles. The first-order valence-corrected chi connectivity index (χ1v) is 16.2. The summed E-state index contributed by atoms with van der Waals surface area (Å²) in [5.41, 5.74) is 5.72. The minimum absolute atomic E-state index is 0.118. The van der Waals surface area contributed by atoms with E-state index in [0.717, 1.165) is 27.6 Å². The van der Waals surface area contributed by atoms with Gasteiger partial charge in [0.25, 0.3) is 11.8 Å². The van der Waals surface area contributed by atoms with Crippen molar-refractivity contribution < 1.29 is 19.2 Å². The normalized spacial score (nSPS) is 18.1. The van der Waals surface area contributed by atoms with Crippen molar-refractivity contribution in [2.75, 3.05) is 12.4 Å². The van der Waals surface area contributed by atoms with E-state index in [1.807, 2.05) is 24.0 Å². The number of nitrogens with zero attached hydrogens (tertiary/aromatic N) is 5. The molecule has 47 heavy (non-hydrogen) atoms. The van der Waals surface area contributed by atoms with Crippen molar-refractivity contribution in [3.8, 4) is 11.3 Å². The summed E-state index contributed by atoms with van der Waals surface area (Å²) in [6, 6.07) is 13.0. The highest BCUT2D eigenvalue weighted by Gasteiger charge is 2.45. The Labute approximate surface area is 273 Å². The minimum Gasteiger partial charge on any atom is -0.351 e. The van der Waals surface area contributed by atoms with Crippen molar-refractivity contribution in [1.29, 1.82) is 0 Å². The lowest BCUT2D eigenvalue weighted by Crippen LogP contribution is -2.54. The summed E-state index contributed by atoms with van der Waals surface area (Å²) >= 11 is 0. The highest BCUT2D eigenvalue weighted by atomic mass is 16.2. The Kier molecular flexibility index (Phi) is 9.12. The van der Waals surface area contributed by atoms with Crippen LogP contribution in [-0.4, -0.2) is 67.4 Å². The van der Waals surface area contributed by atoms with Crippen LogP contribution in [0.1, 0.15) is 90.3 Å². The maximum Gasteiger partial charge on any atom is 0.262 e. The molecule has 1 atom stereocenters. The van der Waals surface area contributed by atoms with Gasteiger partial charge in [0.2, 0.25) is 17.8 Å². The zero-order valence-electron chi connectivity index (χ0n) is 27.2. The van der Waals surface area contributed by atoms with Crippen LogP contribution in [-0.2, 0) is 23.2 Å². The summed E-state index contributed by atoms with van der Waals surface area (Å²) in [6.45, 7) is 4.86. The highest BCUT2D eigenvalue weighted by Crippen LogP contribution is 2.31. The van der Waals surface area contributed by atoms with E-state index in [-0.39, 0.29) is 18.7 Å². The summed E-state index contributed by atoms with van der Waals surface area (Å²) < 4.78 is 1.99. The number of hydrogen-bond donors (Lipinski definition) is 3. The van der Waals surface area contributed by atoms with Crippen molar-refractivity contribution >= 4 is 40.5 Å². The smallest absolute Gasteiger partial charge is 0.262 e. The maximum absolute atomic E-state index is 12.6. The zero-order chi connectivity index (χ0) is 33.2. The molecule has 3 N–H and O–H groups in total. The fourth-order valence-electron chi connectivity index (χ4n) is 6.83. The Balaban J connectivity index is 0.000000166. The number of aryl methyl sites for hydroxylation is 1. The molecule has 1 unspecified atom stereocenters. The number of benzene rings is 2. The van der Waals surface area contributed by atoms with Gasteiger partial charge >= 0.3 is 0 Å². The van der Waals surface area contributed by atoms with E-state index in [0.29, 0.717) is 35.2 Å². The van der Waals surface area contributed by atoms with Crippen LogP contribution in [0.3, 0.4) is 0 Å². The molecule has 4 amide bonds. The number of fused-ring (bicyclic) bond motifs is 2. The number of carbonyl (C=O) groups is 4. The lowest BCUT2D eigenvalue weighted by Gasteiger charge is -2.27. The Morgan fingerprint density at radius 3 is 2.51 bits per heavy atom. The standard InChI is InChI=1S/C20H25N5.C15H15N3O4/c1-13(2)19-16-12-14(8-9-18(16)24-25(19)3)17-10-11-21-20(23-17)22-15-6-4-5-7-15;1-16-7-8-3-2-4-9-12(8)15(22)18(14(9)21)10-5-6-11(19)17-13(10)20/h8-13,15H,4-7H2,1-3H3,(H,21,22,23);2-4,10,16H,5-7H2,1H3,(H,17,19,20). The molecule has 0 bridgehead atoms. The lowest BCUT2D eigenvalue weighted by atomic mass is 10.0. The molecule has 244 valence electrons. The molecule has 1 saturated carbocycles. The quantitative estimate of drug-likeness (QED) is 0.252. The predicted octanol–water partition coefficient (Wildman–Crippen LogP) is 4.32. The zero-order valence-corrected chi connectivity index (χ0v) is 27.2. The van der Waals surface area contributed by atoms with Gasteiger partial charge in [0.15, 0.2) is 0 Å². The molecule has 4 aromatic rings. The number of rotatable bonds is 7. The number of piperidine rings is 1. The van der Waals surface area contributed by atoms with Crippen LogP contribution in [0.5, 0.6) is 0 Å². The van der Waals surface area contributed by atoms with E-state index < -0.39 is 23.8 Å². The van der Waals surface area contributed by atoms with Crippen molar-refractivity contribution in [2.24, 2.45) is 7.05 Å². The fourth-order valence-corrected chi connectivity index (χ4v) is 6.83. The van der Waals surface area contributed by atoms with E-state index >= 15 is 0 Å². The van der Waals surface area contributed by atoms with Crippen molar-refractivity contribution in [1.82, 2.24) is 35.3 Å². The molecule has 0 spiro atoms. The number of nitrogens with one attached hydrogen (secondary N) is 3. The summed E-state index contributed by atoms with van der Waals surface area (Å²) in [7, 11) is 3.77. The highest BCUT2D eigenvalue weighted by molar-refractivity contribution is 6.24. The summed E-state index contributed by atoms with van der Waals surface area (Å²) in [5.74, 6) is -0.766. The number of carbonyl (C=O) groups excluding carboxylic acids is 4. The van der Waals surface area contributed by atoms with Crippen LogP contribution in [0.4, 0.5) is 5.95 Å². The summed E-state index contributed by atoms with van der Waals surface area (Å²) in [6.07, 6.45) is 7.15. The monoisotopic (exact) mass is 636 g/mol. The molecular formula is C35H40N8O4. The first kappa shape index (κ1) is 32.0. The van der Waals surface area contributed by atoms with Crippen molar-refractivity contribution in [3.63, 3.8) is 0 Å². The van der Waals surface area contributed by atoms with Crippen LogP contribution in [0.2, 0.25) is 0 Å². The first-order chi connectivity index (χ1) is 22.7. The van der Waals surface area contributed by atoms with Gasteiger partial charge in [0.1, 0.15) is 6.04 Å². The minimum atomic E-state index is -0.924. The molecule has 0 radical (unpaired) electrons. The Bertz CT molecular complexity index is 1860. The Morgan fingerprint density at radius 2 is 1.79 bits per heavy atom. The van der Waals surface area contributed by atoms with E-state index in [4.69, 9.17) is 4.98 Å². The van der Waals surface area contributed by atoms with Gasteiger partial charge in [-0.15, -0.1) is 0 Å². The molecule has 1 aliphatic carbocycles. The largest absolute Gasteiger partial charge is 0.351 e. The molecule has 12 nitrogen and oxygen atoms in total. The van der Waals surface area contributed by atoms with Gasteiger partial charge in [-0.1, -0.05) is 44.9 Å². The van der Waals surface area contributed by atoms with Gasteiger partial charge in [-0.05, 0) is 62.1 Å². The number of aromatic nitrogens is 4. The van der Waals surface area contributed by atoms with E-state index in [2.05, 4.69) is 58.1 Å². The van der Waals surface area contributed by atoms with Gasteiger partial charge in [0, 0.05) is 48.9 Å². The van der Waals surface area contributed by atoms with Gasteiger partial charge in [0.05, 0.1) is 22.3 Å². The average Bonchev–Trinajstić information content (AvgIpc) is 3.74. The fraction of sp³-hybridized carbons (Fsp3) is 0.400. The maximum atomic E-state index is 12.6. The van der Waals surface area contributed by atoms with Crippen LogP contribution >= 0.6 is 0 Å². The molecule has 12 heteroatoms. The van der Waals surface area contributed by atoms with Crippen LogP contribution in [0.15, 0.2) is 48.7 Å². The third-order valence-electron chi connectivity index (χ3n) is 8.99. The van der Waals surface area contributed by atoms with Gasteiger partial charge in [-0.3, -0.25) is 34.1 Å². The van der Waals surface area contributed by atoms with E-state index in [1.54, 1.807) is 25.2 Å². The van der Waals surface area contributed by atoms with Gasteiger partial charge in [-0.2, -0.15) is 5.10 Å². The Hall–Kier alpha value is -4.97. The number of imide groups is 2. The molecule has 2 aromatic heterocycles. The number of amides is 4. The Morgan fingerprint density at radius 1 is 1.00 bits per heavy atom. The summed E-state index contributed by atoms with van der Waals surface area (Å²) in [5, 5.41) is 14.4. The van der Waals surface area contributed by atoms with Crippen LogP contribution in [0, 0.1) is 0 Å². The second kappa shape index (κ2) is 13.4. The SMILES string of the molecule is CC(C)c1c2cc(-c3ccnc(NC4CCCC4)n3)ccc2nn1C.CNCc1cccc2c1C(=O)N(C1CCC(=O)NC1=O)C2=O. The van der Waals surface area contributed by atoms with Gasteiger partial charge < -0.3 is 10.6 Å². The molecular weight excluding hydrogens is 596 g/mol. The third kappa shape index (κ3) is 6.37. The van der Waals surface area contributed by atoms with Crippen LogP contribution < -0.4 is 16.0 Å². The van der Waals surface area contributed by atoms with E-state index in [1.165, 1.54) is 36.8 Å². The predicted molar refractivity (Wildman–Crippen MR) is 178 cm³/mol. The molecule has 2 fully saturated rings. The molecule has 4 heterocycles. The first-order valence-electron chi connectivity index (χ1n) is 16.2. The topological polar surface area (TPSA) is 151 Å². The third-order valence-corrected chi connectivity index (χ3v) is 8.99. The average molecular weight is 637 g/mol. The van der Waals surface area contributed by atoms with Gasteiger partial charge in [-0.25, -0.2) is 9.97 Å². The summed E-state index contributed by atoms with van der Waals surface area (Å²) in [4.78, 5) is 58.5. The lowest BCUT2D eigenvalue weighted by molar-refractivity contribution is -0.136. The van der Waals surface area contributed by atoms with Crippen LogP contribution in [0.25, 0.3) is 22.2 Å². The second-order valence-corrected chi connectivity index (χ2v) is 12.6.